The molecule has 2 N–H and O–H groups in total. The Hall–Kier alpha value is -3.08. The van der Waals surface area contributed by atoms with Gasteiger partial charge in [-0.05, 0) is 30.0 Å². The van der Waals surface area contributed by atoms with Crippen molar-refractivity contribution in [2.75, 3.05) is 6.54 Å². The Morgan fingerprint density at radius 3 is 2.54 bits per heavy atom. The standard InChI is InChI=1S/C21H24N4O/c1-17-22-12-13-25(17)16-20-9-5-8-19(14-20)15-24-21(26)23-11-10-18-6-3-2-4-7-18/h2-9,12-14H,10-11,15-16H2,1H3,(H2,23,24,26). The first kappa shape index (κ1) is 17.7. The Morgan fingerprint density at radius 1 is 1.00 bits per heavy atom. The average Bonchev–Trinajstić information content (AvgIpc) is 3.06. The normalized spacial score (nSPS) is 10.5. The van der Waals surface area contributed by atoms with Crippen molar-refractivity contribution in [3.63, 3.8) is 0 Å². The number of nitrogens with one attached hydrogen (secondary N) is 2. The largest absolute Gasteiger partial charge is 0.338 e. The van der Waals surface area contributed by atoms with Gasteiger partial charge in [0.1, 0.15) is 5.82 Å². The van der Waals surface area contributed by atoms with Crippen LogP contribution in [0.1, 0.15) is 22.5 Å². The molecule has 0 aliphatic rings. The quantitative estimate of drug-likeness (QED) is 0.688. The molecule has 0 saturated heterocycles. The highest BCUT2D eigenvalue weighted by atomic mass is 16.2. The molecule has 0 aliphatic carbocycles. The molecule has 0 bridgehead atoms. The van der Waals surface area contributed by atoms with Crippen molar-refractivity contribution >= 4 is 6.03 Å². The number of imidazole rings is 1. The monoisotopic (exact) mass is 348 g/mol. The molecule has 0 fully saturated rings. The first-order valence-electron chi connectivity index (χ1n) is 8.82. The maximum atomic E-state index is 12.0. The van der Waals surface area contributed by atoms with Gasteiger partial charge in [-0.2, -0.15) is 0 Å². The van der Waals surface area contributed by atoms with Gasteiger partial charge in [0.25, 0.3) is 0 Å². The molecule has 134 valence electrons. The van der Waals surface area contributed by atoms with Gasteiger partial charge in [-0.1, -0.05) is 54.6 Å². The summed E-state index contributed by atoms with van der Waals surface area (Å²) >= 11 is 0. The summed E-state index contributed by atoms with van der Waals surface area (Å²) in [5.41, 5.74) is 3.49. The number of amides is 2. The molecule has 0 radical (unpaired) electrons. The number of hydrogen-bond acceptors (Lipinski definition) is 2. The fraction of sp³-hybridized carbons (Fsp3) is 0.238. The van der Waals surface area contributed by atoms with Gasteiger partial charge in [-0.15, -0.1) is 0 Å². The minimum absolute atomic E-state index is 0.142. The number of rotatable bonds is 7. The molecule has 0 atom stereocenters. The number of nitrogens with zero attached hydrogens (tertiary/aromatic N) is 2. The predicted octanol–water partition coefficient (Wildman–Crippen LogP) is 3.28. The van der Waals surface area contributed by atoms with Crippen molar-refractivity contribution in [2.45, 2.75) is 26.4 Å². The fourth-order valence-corrected chi connectivity index (χ4v) is 2.82. The maximum absolute atomic E-state index is 12.0. The predicted molar refractivity (Wildman–Crippen MR) is 103 cm³/mol. The van der Waals surface area contributed by atoms with Gasteiger partial charge < -0.3 is 15.2 Å². The highest BCUT2D eigenvalue weighted by Crippen LogP contribution is 2.08. The molecule has 0 aliphatic heterocycles. The van der Waals surface area contributed by atoms with Crippen LogP contribution in [0.5, 0.6) is 0 Å². The Morgan fingerprint density at radius 2 is 1.77 bits per heavy atom. The molecule has 0 unspecified atom stereocenters. The summed E-state index contributed by atoms with van der Waals surface area (Å²) in [5, 5.41) is 5.81. The topological polar surface area (TPSA) is 59.0 Å². The summed E-state index contributed by atoms with van der Waals surface area (Å²) in [6.45, 7) is 3.90. The summed E-state index contributed by atoms with van der Waals surface area (Å²) in [4.78, 5) is 16.2. The van der Waals surface area contributed by atoms with Gasteiger partial charge in [0.05, 0.1) is 0 Å². The van der Waals surface area contributed by atoms with E-state index in [1.165, 1.54) is 11.1 Å². The van der Waals surface area contributed by atoms with Crippen LogP contribution < -0.4 is 10.6 Å². The smallest absolute Gasteiger partial charge is 0.315 e. The molecule has 2 aromatic carbocycles. The number of urea groups is 1. The number of carbonyl (C=O) groups excluding carboxylic acids is 1. The van der Waals surface area contributed by atoms with Crippen LogP contribution in [0.4, 0.5) is 4.79 Å². The first-order chi connectivity index (χ1) is 12.7. The average molecular weight is 348 g/mol. The Kier molecular flexibility index (Phi) is 6.04. The first-order valence-corrected chi connectivity index (χ1v) is 8.82. The van der Waals surface area contributed by atoms with E-state index in [0.29, 0.717) is 13.1 Å². The van der Waals surface area contributed by atoms with Crippen LogP contribution in [0.3, 0.4) is 0 Å². The number of benzene rings is 2. The van der Waals surface area contributed by atoms with E-state index in [4.69, 9.17) is 0 Å². The number of aryl methyl sites for hydroxylation is 1. The zero-order chi connectivity index (χ0) is 18.2. The molecule has 1 heterocycles. The van der Waals surface area contributed by atoms with Crippen molar-refractivity contribution in [1.29, 1.82) is 0 Å². The zero-order valence-corrected chi connectivity index (χ0v) is 15.0. The van der Waals surface area contributed by atoms with Crippen LogP contribution in [0.25, 0.3) is 0 Å². The molecule has 5 heteroatoms. The lowest BCUT2D eigenvalue weighted by Gasteiger charge is -2.10. The molecule has 3 rings (SSSR count). The molecule has 5 nitrogen and oxygen atoms in total. The van der Waals surface area contributed by atoms with Gasteiger partial charge in [0, 0.05) is 32.0 Å². The van der Waals surface area contributed by atoms with E-state index in [9.17, 15) is 4.79 Å². The van der Waals surface area contributed by atoms with Crippen LogP contribution in [0.2, 0.25) is 0 Å². The van der Waals surface area contributed by atoms with Crippen molar-refractivity contribution in [2.24, 2.45) is 0 Å². The Bertz CT molecular complexity index is 842. The Labute approximate surface area is 154 Å². The second-order valence-electron chi connectivity index (χ2n) is 6.27. The van der Waals surface area contributed by atoms with Crippen LogP contribution in [-0.2, 0) is 19.5 Å². The van der Waals surface area contributed by atoms with Gasteiger partial charge in [-0.25, -0.2) is 9.78 Å². The highest BCUT2D eigenvalue weighted by Gasteiger charge is 2.03. The van der Waals surface area contributed by atoms with Gasteiger partial charge >= 0.3 is 6.03 Å². The minimum Gasteiger partial charge on any atom is -0.338 e. The van der Waals surface area contributed by atoms with Crippen molar-refractivity contribution in [3.8, 4) is 0 Å². The third kappa shape index (κ3) is 5.21. The molecule has 26 heavy (non-hydrogen) atoms. The number of hydrogen-bond donors (Lipinski definition) is 2. The highest BCUT2D eigenvalue weighted by molar-refractivity contribution is 5.73. The van der Waals surface area contributed by atoms with E-state index >= 15 is 0 Å². The lowest BCUT2D eigenvalue weighted by Crippen LogP contribution is -2.36. The summed E-state index contributed by atoms with van der Waals surface area (Å²) in [7, 11) is 0. The van der Waals surface area contributed by atoms with Crippen LogP contribution >= 0.6 is 0 Å². The van der Waals surface area contributed by atoms with Crippen molar-refractivity contribution in [1.82, 2.24) is 20.2 Å². The molecular formula is C21H24N4O. The van der Waals surface area contributed by atoms with E-state index in [-0.39, 0.29) is 6.03 Å². The third-order valence-electron chi connectivity index (χ3n) is 4.26. The van der Waals surface area contributed by atoms with E-state index in [0.717, 1.165) is 24.4 Å². The van der Waals surface area contributed by atoms with Crippen molar-refractivity contribution < 1.29 is 4.79 Å². The summed E-state index contributed by atoms with van der Waals surface area (Å²) in [6, 6.07) is 18.2. The molecular weight excluding hydrogens is 324 g/mol. The second kappa shape index (κ2) is 8.85. The third-order valence-corrected chi connectivity index (χ3v) is 4.26. The molecule has 2 amide bonds. The number of carbonyl (C=O) groups is 1. The van der Waals surface area contributed by atoms with Gasteiger partial charge in [-0.3, -0.25) is 0 Å². The number of aromatic nitrogens is 2. The summed E-state index contributed by atoms with van der Waals surface area (Å²) < 4.78 is 2.10. The van der Waals surface area contributed by atoms with E-state index in [1.807, 2.05) is 43.5 Å². The summed E-state index contributed by atoms with van der Waals surface area (Å²) in [5.74, 6) is 0.992. The second-order valence-corrected chi connectivity index (χ2v) is 6.27. The van der Waals surface area contributed by atoms with E-state index in [1.54, 1.807) is 6.20 Å². The van der Waals surface area contributed by atoms with Gasteiger partial charge in [0.2, 0.25) is 0 Å². The van der Waals surface area contributed by atoms with Crippen LogP contribution in [0, 0.1) is 6.92 Å². The summed E-state index contributed by atoms with van der Waals surface area (Å²) in [6.07, 6.45) is 4.61. The SMILES string of the molecule is Cc1nccn1Cc1cccc(CNC(=O)NCCc2ccccc2)c1. The minimum atomic E-state index is -0.142. The molecule has 0 saturated carbocycles. The Balaban J connectivity index is 1.44. The van der Waals surface area contributed by atoms with Crippen molar-refractivity contribution in [3.05, 3.63) is 89.5 Å². The lowest BCUT2D eigenvalue weighted by atomic mass is 10.1. The molecule has 1 aromatic heterocycles. The molecule has 0 spiro atoms. The van der Waals surface area contributed by atoms with E-state index < -0.39 is 0 Å². The van der Waals surface area contributed by atoms with Gasteiger partial charge in [0.15, 0.2) is 0 Å². The van der Waals surface area contributed by atoms with E-state index in [2.05, 4.69) is 44.5 Å². The van der Waals surface area contributed by atoms with Crippen LogP contribution in [0.15, 0.2) is 67.0 Å². The maximum Gasteiger partial charge on any atom is 0.315 e. The molecule has 3 aromatic rings. The van der Waals surface area contributed by atoms with Crippen LogP contribution in [-0.4, -0.2) is 22.1 Å². The fourth-order valence-electron chi connectivity index (χ4n) is 2.82. The lowest BCUT2D eigenvalue weighted by molar-refractivity contribution is 0.240. The zero-order valence-electron chi connectivity index (χ0n) is 15.0.